The van der Waals surface area contributed by atoms with Crippen LogP contribution in [0.25, 0.3) is 0 Å². The van der Waals surface area contributed by atoms with Gasteiger partial charge < -0.3 is 15.2 Å². The van der Waals surface area contributed by atoms with Gasteiger partial charge in [0.2, 0.25) is 0 Å². The van der Waals surface area contributed by atoms with E-state index in [9.17, 15) is 4.79 Å². The summed E-state index contributed by atoms with van der Waals surface area (Å²) in [6, 6.07) is 11.9. The largest absolute Gasteiger partial charge is 0.494 e. The van der Waals surface area contributed by atoms with Crippen LogP contribution < -0.4 is 10.1 Å². The molecule has 1 heterocycles. The Morgan fingerprint density at radius 1 is 1.25 bits per heavy atom. The molecule has 1 aromatic heterocycles. The summed E-state index contributed by atoms with van der Waals surface area (Å²) in [7, 11) is 0. The summed E-state index contributed by atoms with van der Waals surface area (Å²) in [4.78, 5) is 15.1. The number of rotatable bonds is 8. The monoisotopic (exact) mass is 326 g/mol. The molecule has 3 rings (SSSR count). The summed E-state index contributed by atoms with van der Waals surface area (Å²) in [6.07, 6.45) is 4.58. The smallest absolute Gasteiger partial charge is 0.303 e. The number of aromatic nitrogens is 1. The predicted molar refractivity (Wildman–Crippen MR) is 92.4 cm³/mol. The first-order chi connectivity index (χ1) is 11.7. The van der Waals surface area contributed by atoms with Gasteiger partial charge >= 0.3 is 5.97 Å². The fourth-order valence-corrected chi connectivity index (χ4v) is 3.11. The molecule has 1 atom stereocenters. The second-order valence-electron chi connectivity index (χ2n) is 6.15. The molecular formula is C19H22N2O3. The van der Waals surface area contributed by atoms with Crippen LogP contribution >= 0.6 is 0 Å². The van der Waals surface area contributed by atoms with Crippen molar-refractivity contribution in [1.82, 2.24) is 4.98 Å². The van der Waals surface area contributed by atoms with Crippen molar-refractivity contribution in [3.8, 4) is 5.75 Å². The van der Waals surface area contributed by atoms with E-state index in [1.54, 1.807) is 6.20 Å². The highest BCUT2D eigenvalue weighted by atomic mass is 16.5. The lowest BCUT2D eigenvalue weighted by molar-refractivity contribution is -0.138. The number of ether oxygens (including phenoxy) is 1. The van der Waals surface area contributed by atoms with Gasteiger partial charge in [-0.15, -0.1) is 0 Å². The van der Waals surface area contributed by atoms with Gasteiger partial charge in [0.25, 0.3) is 0 Å². The zero-order valence-corrected chi connectivity index (χ0v) is 13.6. The van der Waals surface area contributed by atoms with E-state index in [2.05, 4.69) is 22.4 Å². The summed E-state index contributed by atoms with van der Waals surface area (Å²) in [5.74, 6) is 1.24. The third-order valence-electron chi connectivity index (χ3n) is 4.22. The number of aliphatic carboxylic acids is 1. The Labute approximate surface area is 141 Å². The quantitative estimate of drug-likeness (QED) is 0.729. The van der Waals surface area contributed by atoms with Crippen molar-refractivity contribution >= 4 is 11.8 Å². The third-order valence-corrected chi connectivity index (χ3v) is 4.22. The maximum atomic E-state index is 10.8. The average Bonchev–Trinajstić information content (AvgIpc) is 2.96. The van der Waals surface area contributed by atoms with Gasteiger partial charge in [0.15, 0.2) is 0 Å². The fraction of sp³-hybridized carbons (Fsp3) is 0.368. The molecule has 1 aliphatic rings. The maximum Gasteiger partial charge on any atom is 0.303 e. The van der Waals surface area contributed by atoms with Gasteiger partial charge in [0.1, 0.15) is 11.6 Å². The third kappa shape index (κ3) is 4.47. The van der Waals surface area contributed by atoms with Crippen molar-refractivity contribution in [2.75, 3.05) is 18.5 Å². The maximum absolute atomic E-state index is 10.8. The van der Waals surface area contributed by atoms with Crippen molar-refractivity contribution < 1.29 is 14.6 Å². The summed E-state index contributed by atoms with van der Waals surface area (Å²) in [5, 5.41) is 12.2. The van der Waals surface area contributed by atoms with E-state index < -0.39 is 5.97 Å². The van der Waals surface area contributed by atoms with Crippen LogP contribution in [-0.4, -0.2) is 29.2 Å². The molecule has 0 aliphatic heterocycles. The number of nitrogens with one attached hydrogen (secondary N) is 1. The Balaban J connectivity index is 1.42. The Hall–Kier alpha value is -2.56. The van der Waals surface area contributed by atoms with Crippen molar-refractivity contribution in [3.63, 3.8) is 0 Å². The number of fused-ring (bicyclic) bond motifs is 1. The van der Waals surface area contributed by atoms with Crippen LogP contribution in [0.2, 0.25) is 0 Å². The van der Waals surface area contributed by atoms with E-state index in [4.69, 9.17) is 9.84 Å². The number of carboxylic acids is 1. The van der Waals surface area contributed by atoms with E-state index in [0.717, 1.165) is 37.4 Å². The molecule has 1 aliphatic carbocycles. The van der Waals surface area contributed by atoms with Gasteiger partial charge in [0.05, 0.1) is 6.61 Å². The van der Waals surface area contributed by atoms with Gasteiger partial charge in [0, 0.05) is 19.2 Å². The van der Waals surface area contributed by atoms with E-state index >= 15 is 0 Å². The van der Waals surface area contributed by atoms with Gasteiger partial charge in [-0.05, 0) is 60.6 Å². The SMILES string of the molecule is O=C(O)CC1Cc2ccc(OCCCNc3ccccn3)cc2C1. The number of hydrogen-bond acceptors (Lipinski definition) is 4. The molecule has 5 heteroatoms. The number of nitrogens with zero attached hydrogens (tertiary/aromatic N) is 1. The number of hydrogen-bond donors (Lipinski definition) is 2. The molecule has 126 valence electrons. The second kappa shape index (κ2) is 7.81. The Morgan fingerprint density at radius 2 is 2.12 bits per heavy atom. The summed E-state index contributed by atoms with van der Waals surface area (Å²) < 4.78 is 5.81. The Morgan fingerprint density at radius 3 is 2.92 bits per heavy atom. The van der Waals surface area contributed by atoms with Crippen molar-refractivity contribution in [2.24, 2.45) is 5.92 Å². The van der Waals surface area contributed by atoms with Crippen LogP contribution in [0, 0.1) is 5.92 Å². The van der Waals surface area contributed by atoms with Crippen LogP contribution in [0.4, 0.5) is 5.82 Å². The molecule has 0 bridgehead atoms. The molecule has 0 radical (unpaired) electrons. The van der Waals surface area contributed by atoms with Crippen LogP contribution in [0.1, 0.15) is 24.0 Å². The second-order valence-corrected chi connectivity index (χ2v) is 6.15. The number of benzene rings is 1. The molecule has 0 spiro atoms. The molecule has 2 aromatic rings. The first kappa shape index (κ1) is 16.3. The van der Waals surface area contributed by atoms with Crippen LogP contribution in [0.15, 0.2) is 42.6 Å². The zero-order chi connectivity index (χ0) is 16.8. The molecule has 0 saturated heterocycles. The average molecular weight is 326 g/mol. The Bertz CT molecular complexity index is 688. The standard InChI is InChI=1S/C19H22N2O3/c22-19(23)12-14-10-15-5-6-17(13-16(15)11-14)24-9-3-8-21-18-4-1-2-7-20-18/h1-2,4-7,13-14H,3,8-12H2,(H,20,21)(H,22,23). The topological polar surface area (TPSA) is 71.5 Å². The van der Waals surface area contributed by atoms with Gasteiger partial charge in [-0.3, -0.25) is 4.79 Å². The lowest BCUT2D eigenvalue weighted by atomic mass is 10.0. The van der Waals surface area contributed by atoms with Gasteiger partial charge in [-0.1, -0.05) is 12.1 Å². The molecular weight excluding hydrogens is 304 g/mol. The lowest BCUT2D eigenvalue weighted by Gasteiger charge is -2.09. The molecule has 5 nitrogen and oxygen atoms in total. The number of anilines is 1. The molecule has 1 unspecified atom stereocenters. The molecule has 24 heavy (non-hydrogen) atoms. The van der Waals surface area contributed by atoms with Crippen LogP contribution in [-0.2, 0) is 17.6 Å². The highest BCUT2D eigenvalue weighted by molar-refractivity contribution is 5.67. The minimum absolute atomic E-state index is 0.218. The summed E-state index contributed by atoms with van der Waals surface area (Å²) >= 11 is 0. The minimum atomic E-state index is -0.718. The molecule has 0 saturated carbocycles. The zero-order valence-electron chi connectivity index (χ0n) is 13.6. The van der Waals surface area contributed by atoms with E-state index in [-0.39, 0.29) is 12.3 Å². The van der Waals surface area contributed by atoms with Crippen molar-refractivity contribution in [1.29, 1.82) is 0 Å². The van der Waals surface area contributed by atoms with Gasteiger partial charge in [-0.25, -0.2) is 4.98 Å². The first-order valence-electron chi connectivity index (χ1n) is 8.32. The molecule has 2 N–H and O–H groups in total. The first-order valence-corrected chi connectivity index (χ1v) is 8.32. The number of pyridine rings is 1. The number of carboxylic acid groups (broad SMARTS) is 1. The summed E-state index contributed by atoms with van der Waals surface area (Å²) in [6.45, 7) is 1.44. The Kier molecular flexibility index (Phi) is 5.31. The highest BCUT2D eigenvalue weighted by Gasteiger charge is 2.23. The van der Waals surface area contributed by atoms with E-state index in [1.165, 1.54) is 11.1 Å². The normalized spacial score (nSPS) is 15.8. The summed E-state index contributed by atoms with van der Waals surface area (Å²) in [5.41, 5.74) is 2.48. The van der Waals surface area contributed by atoms with E-state index in [0.29, 0.717) is 6.61 Å². The van der Waals surface area contributed by atoms with Crippen molar-refractivity contribution in [2.45, 2.75) is 25.7 Å². The van der Waals surface area contributed by atoms with Crippen molar-refractivity contribution in [3.05, 3.63) is 53.7 Å². The number of carbonyl (C=O) groups is 1. The molecule has 1 aromatic carbocycles. The predicted octanol–water partition coefficient (Wildman–Crippen LogP) is 3.15. The molecule has 0 amide bonds. The van der Waals surface area contributed by atoms with Crippen LogP contribution in [0.3, 0.4) is 0 Å². The van der Waals surface area contributed by atoms with Crippen LogP contribution in [0.5, 0.6) is 5.75 Å². The van der Waals surface area contributed by atoms with E-state index in [1.807, 2.05) is 24.3 Å². The lowest BCUT2D eigenvalue weighted by Crippen LogP contribution is -2.08. The fourth-order valence-electron chi connectivity index (χ4n) is 3.11. The van der Waals surface area contributed by atoms with Gasteiger partial charge in [-0.2, -0.15) is 0 Å². The highest BCUT2D eigenvalue weighted by Crippen LogP contribution is 2.31. The minimum Gasteiger partial charge on any atom is -0.494 e. The molecule has 0 fully saturated rings.